The van der Waals surface area contributed by atoms with Crippen molar-refractivity contribution < 1.29 is 9.59 Å². The van der Waals surface area contributed by atoms with E-state index in [0.29, 0.717) is 25.3 Å². The van der Waals surface area contributed by atoms with E-state index >= 15 is 0 Å². The van der Waals surface area contributed by atoms with Crippen LogP contribution in [0.1, 0.15) is 30.3 Å². The standard InChI is InChI=1S/C10H15N5O2/c1-3-7-12-8(14-13-7)10(17)15-5-4-11-9(16)6(15)2/h6H,3-5H2,1-2H3,(H,11,16)(H,12,13,14). The number of nitrogens with zero attached hydrogens (tertiary/aromatic N) is 3. The number of carbonyl (C=O) groups is 2. The molecule has 1 unspecified atom stereocenters. The predicted octanol–water partition coefficient (Wildman–Crippen LogP) is -0.672. The number of hydrogen-bond acceptors (Lipinski definition) is 4. The first kappa shape index (κ1) is 11.6. The van der Waals surface area contributed by atoms with E-state index < -0.39 is 6.04 Å². The minimum atomic E-state index is -0.472. The highest BCUT2D eigenvalue weighted by molar-refractivity contribution is 5.95. The summed E-state index contributed by atoms with van der Waals surface area (Å²) in [6.45, 7) is 4.58. The number of amides is 2. The van der Waals surface area contributed by atoms with Gasteiger partial charge in [0, 0.05) is 19.5 Å². The molecule has 7 nitrogen and oxygen atoms in total. The van der Waals surface area contributed by atoms with Gasteiger partial charge < -0.3 is 10.2 Å². The first-order valence-electron chi connectivity index (χ1n) is 5.63. The largest absolute Gasteiger partial charge is 0.353 e. The van der Waals surface area contributed by atoms with E-state index in [1.54, 1.807) is 6.92 Å². The molecule has 2 amide bonds. The average Bonchev–Trinajstić information content (AvgIpc) is 2.80. The molecule has 1 aliphatic heterocycles. The van der Waals surface area contributed by atoms with Gasteiger partial charge in [-0.25, -0.2) is 4.98 Å². The summed E-state index contributed by atoms with van der Waals surface area (Å²) in [5.41, 5.74) is 0. The summed E-state index contributed by atoms with van der Waals surface area (Å²) in [5.74, 6) is 0.352. The Morgan fingerprint density at radius 2 is 2.35 bits per heavy atom. The van der Waals surface area contributed by atoms with Crippen LogP contribution >= 0.6 is 0 Å². The molecule has 1 saturated heterocycles. The van der Waals surface area contributed by atoms with Gasteiger partial charge in [-0.3, -0.25) is 14.7 Å². The summed E-state index contributed by atoms with van der Waals surface area (Å²) in [6.07, 6.45) is 0.691. The van der Waals surface area contributed by atoms with Crippen molar-refractivity contribution in [2.24, 2.45) is 0 Å². The zero-order chi connectivity index (χ0) is 12.4. The zero-order valence-electron chi connectivity index (χ0n) is 9.86. The molecule has 0 aromatic carbocycles. The summed E-state index contributed by atoms with van der Waals surface area (Å²) >= 11 is 0. The van der Waals surface area contributed by atoms with Crippen molar-refractivity contribution in [3.8, 4) is 0 Å². The van der Waals surface area contributed by atoms with Crippen molar-refractivity contribution in [3.63, 3.8) is 0 Å². The van der Waals surface area contributed by atoms with E-state index in [0.717, 1.165) is 0 Å². The van der Waals surface area contributed by atoms with Crippen LogP contribution in [-0.2, 0) is 11.2 Å². The molecule has 0 radical (unpaired) electrons. The SMILES string of the molecule is CCc1nc(C(=O)N2CCNC(=O)C2C)n[nH]1. The summed E-state index contributed by atoms with van der Waals surface area (Å²) in [5, 5.41) is 9.26. The number of piperazine rings is 1. The number of nitrogens with one attached hydrogen (secondary N) is 2. The third kappa shape index (κ3) is 2.13. The van der Waals surface area contributed by atoms with Gasteiger partial charge in [-0.05, 0) is 6.92 Å². The van der Waals surface area contributed by atoms with Gasteiger partial charge in [-0.15, -0.1) is 5.10 Å². The molecule has 0 saturated carbocycles. The highest BCUT2D eigenvalue weighted by atomic mass is 16.2. The smallest absolute Gasteiger partial charge is 0.294 e. The molecule has 92 valence electrons. The van der Waals surface area contributed by atoms with Gasteiger partial charge >= 0.3 is 0 Å². The van der Waals surface area contributed by atoms with Gasteiger partial charge in [0.25, 0.3) is 5.91 Å². The lowest BCUT2D eigenvalue weighted by Crippen LogP contribution is -2.56. The molecular formula is C10H15N5O2. The van der Waals surface area contributed by atoms with E-state index in [4.69, 9.17) is 0 Å². The molecule has 0 bridgehead atoms. The van der Waals surface area contributed by atoms with Crippen LogP contribution in [0.4, 0.5) is 0 Å². The Kier molecular flexibility index (Phi) is 3.08. The molecule has 1 fully saturated rings. The molecule has 1 aromatic rings. The van der Waals surface area contributed by atoms with E-state index in [2.05, 4.69) is 20.5 Å². The maximum absolute atomic E-state index is 12.1. The first-order chi connectivity index (χ1) is 8.13. The molecule has 2 N–H and O–H groups in total. The van der Waals surface area contributed by atoms with Crippen LogP contribution in [0.15, 0.2) is 0 Å². The Labute approximate surface area is 98.6 Å². The Bertz CT molecular complexity index is 442. The number of aromatic nitrogens is 3. The number of carbonyl (C=O) groups excluding carboxylic acids is 2. The summed E-state index contributed by atoms with van der Waals surface area (Å²) in [7, 11) is 0. The van der Waals surface area contributed by atoms with Crippen molar-refractivity contribution >= 4 is 11.8 Å². The third-order valence-corrected chi connectivity index (χ3v) is 2.82. The Morgan fingerprint density at radius 3 is 3.00 bits per heavy atom. The lowest BCUT2D eigenvalue weighted by Gasteiger charge is -2.31. The monoisotopic (exact) mass is 237 g/mol. The van der Waals surface area contributed by atoms with Crippen LogP contribution in [-0.4, -0.2) is 51.0 Å². The number of aryl methyl sites for hydroxylation is 1. The van der Waals surface area contributed by atoms with E-state index in [1.165, 1.54) is 4.90 Å². The molecule has 2 heterocycles. The van der Waals surface area contributed by atoms with Crippen LogP contribution in [0.3, 0.4) is 0 Å². The van der Waals surface area contributed by atoms with E-state index in [9.17, 15) is 9.59 Å². The lowest BCUT2D eigenvalue weighted by atomic mass is 10.2. The zero-order valence-corrected chi connectivity index (χ0v) is 9.86. The molecule has 0 aliphatic carbocycles. The predicted molar refractivity (Wildman–Crippen MR) is 59.3 cm³/mol. The van der Waals surface area contributed by atoms with Crippen LogP contribution in [0, 0.1) is 0 Å². The van der Waals surface area contributed by atoms with Gasteiger partial charge in [0.05, 0.1) is 0 Å². The van der Waals surface area contributed by atoms with Crippen molar-refractivity contribution in [1.29, 1.82) is 0 Å². The molecule has 1 atom stereocenters. The number of H-pyrrole nitrogens is 1. The normalized spacial score (nSPS) is 20.2. The maximum atomic E-state index is 12.1. The van der Waals surface area contributed by atoms with Gasteiger partial charge in [-0.2, -0.15) is 0 Å². The number of aromatic amines is 1. The molecule has 17 heavy (non-hydrogen) atoms. The van der Waals surface area contributed by atoms with Gasteiger partial charge in [0.2, 0.25) is 11.7 Å². The third-order valence-electron chi connectivity index (χ3n) is 2.82. The molecule has 7 heteroatoms. The first-order valence-corrected chi connectivity index (χ1v) is 5.63. The van der Waals surface area contributed by atoms with Crippen LogP contribution in [0.2, 0.25) is 0 Å². The van der Waals surface area contributed by atoms with Crippen molar-refractivity contribution in [3.05, 3.63) is 11.6 Å². The molecule has 0 spiro atoms. The van der Waals surface area contributed by atoms with Crippen LogP contribution < -0.4 is 5.32 Å². The summed E-state index contributed by atoms with van der Waals surface area (Å²) in [6, 6.07) is -0.472. The Balaban J connectivity index is 2.16. The lowest BCUT2D eigenvalue weighted by molar-refractivity contribution is -0.127. The van der Waals surface area contributed by atoms with Crippen molar-refractivity contribution in [2.45, 2.75) is 26.3 Å². The second kappa shape index (κ2) is 4.52. The van der Waals surface area contributed by atoms with Crippen LogP contribution in [0.25, 0.3) is 0 Å². The minimum Gasteiger partial charge on any atom is -0.353 e. The quantitative estimate of drug-likeness (QED) is 0.713. The Hall–Kier alpha value is -1.92. The molecule has 2 rings (SSSR count). The molecular weight excluding hydrogens is 222 g/mol. The average molecular weight is 237 g/mol. The minimum absolute atomic E-state index is 0.128. The van der Waals surface area contributed by atoms with Crippen molar-refractivity contribution in [1.82, 2.24) is 25.4 Å². The fourth-order valence-corrected chi connectivity index (χ4v) is 1.74. The summed E-state index contributed by atoms with van der Waals surface area (Å²) in [4.78, 5) is 29.1. The maximum Gasteiger partial charge on any atom is 0.294 e. The topological polar surface area (TPSA) is 91.0 Å². The van der Waals surface area contributed by atoms with Gasteiger partial charge in [-0.1, -0.05) is 6.92 Å². The second-order valence-corrected chi connectivity index (χ2v) is 3.92. The van der Waals surface area contributed by atoms with Crippen molar-refractivity contribution in [2.75, 3.05) is 13.1 Å². The fraction of sp³-hybridized carbons (Fsp3) is 0.600. The van der Waals surface area contributed by atoms with Gasteiger partial charge in [0.1, 0.15) is 11.9 Å². The molecule has 1 aromatic heterocycles. The highest BCUT2D eigenvalue weighted by Gasteiger charge is 2.31. The number of rotatable bonds is 2. The Morgan fingerprint density at radius 1 is 1.59 bits per heavy atom. The highest BCUT2D eigenvalue weighted by Crippen LogP contribution is 2.08. The van der Waals surface area contributed by atoms with Gasteiger partial charge in [0.15, 0.2) is 0 Å². The van der Waals surface area contributed by atoms with E-state index in [1.807, 2.05) is 6.92 Å². The molecule has 1 aliphatic rings. The fourth-order valence-electron chi connectivity index (χ4n) is 1.74. The second-order valence-electron chi connectivity index (χ2n) is 3.92. The van der Waals surface area contributed by atoms with Crippen LogP contribution in [0.5, 0.6) is 0 Å². The number of hydrogen-bond donors (Lipinski definition) is 2. The summed E-state index contributed by atoms with van der Waals surface area (Å²) < 4.78 is 0. The van der Waals surface area contributed by atoms with E-state index in [-0.39, 0.29) is 17.6 Å².